The number of halogens is 4. The van der Waals surface area contributed by atoms with Crippen molar-refractivity contribution in [3.63, 3.8) is 0 Å². The molecule has 8 heteroatoms. The lowest BCUT2D eigenvalue weighted by molar-refractivity contribution is -0.114. The Labute approximate surface area is 130 Å². The molecule has 0 radical (unpaired) electrons. The van der Waals surface area contributed by atoms with Crippen molar-refractivity contribution < 1.29 is 18.7 Å². The maximum atomic E-state index is 13.4. The lowest BCUT2D eigenvalue weighted by Crippen LogP contribution is -2.28. The summed E-state index contributed by atoms with van der Waals surface area (Å²) in [7, 11) is 0. The number of hydrogen-bond acceptors (Lipinski definition) is 3. The fourth-order valence-corrected chi connectivity index (χ4v) is 1.37. The van der Waals surface area contributed by atoms with E-state index in [0.717, 1.165) is 12.1 Å². The summed E-state index contributed by atoms with van der Waals surface area (Å²) in [6.07, 6.45) is -0.991. The Morgan fingerprint density at radius 3 is 2.45 bits per heavy atom. The second kappa shape index (κ2) is 6.61. The van der Waals surface area contributed by atoms with E-state index < -0.39 is 27.6 Å². The van der Waals surface area contributed by atoms with Gasteiger partial charge in [0.25, 0.3) is 0 Å². The van der Waals surface area contributed by atoms with E-state index in [0.29, 0.717) is 0 Å². The minimum absolute atomic E-state index is 0.0243. The van der Waals surface area contributed by atoms with Crippen LogP contribution in [0.1, 0.15) is 24.2 Å². The molecule has 0 aliphatic carbocycles. The second-order valence-corrected chi connectivity index (χ2v) is 6.33. The van der Waals surface area contributed by atoms with E-state index in [1.807, 2.05) is 0 Å². The maximum absolute atomic E-state index is 13.4. The Morgan fingerprint density at radius 1 is 1.35 bits per heavy atom. The molecule has 1 rings (SSSR count). The van der Waals surface area contributed by atoms with Crippen molar-refractivity contribution in [2.24, 2.45) is 0 Å². The molecule has 110 valence electrons. The highest BCUT2D eigenvalue weighted by Gasteiger charge is 2.32. The molecule has 0 aromatic heterocycles. The van der Waals surface area contributed by atoms with Crippen LogP contribution in [0.25, 0.3) is 0 Å². The van der Waals surface area contributed by atoms with Gasteiger partial charge in [0.1, 0.15) is 11.9 Å². The summed E-state index contributed by atoms with van der Waals surface area (Å²) in [5.41, 5.74) is -0.107. The number of amides is 1. The van der Waals surface area contributed by atoms with Crippen LogP contribution in [0, 0.1) is 5.82 Å². The van der Waals surface area contributed by atoms with Gasteiger partial charge in [0.2, 0.25) is 9.70 Å². The molecule has 0 bridgehead atoms. The van der Waals surface area contributed by atoms with Gasteiger partial charge in [-0.15, -0.1) is 0 Å². The first-order chi connectivity index (χ1) is 9.11. The minimum atomic E-state index is -1.77. The maximum Gasteiger partial charge on any atom is 0.338 e. The van der Waals surface area contributed by atoms with Crippen LogP contribution in [0.3, 0.4) is 0 Å². The fourth-order valence-electron chi connectivity index (χ4n) is 1.23. The molecule has 1 amide bonds. The van der Waals surface area contributed by atoms with Gasteiger partial charge in [-0.1, -0.05) is 34.8 Å². The number of hydrogen-bond donors (Lipinski definition) is 1. The summed E-state index contributed by atoms with van der Waals surface area (Å²) in [4.78, 5) is 22.7. The van der Waals surface area contributed by atoms with Crippen LogP contribution < -0.4 is 5.32 Å². The molecule has 0 aliphatic heterocycles. The zero-order valence-electron chi connectivity index (χ0n) is 10.5. The molecule has 0 unspecified atom stereocenters. The van der Waals surface area contributed by atoms with E-state index >= 15 is 0 Å². The number of ether oxygens (including phenoxy) is 1. The molecule has 0 fully saturated rings. The van der Waals surface area contributed by atoms with Crippen molar-refractivity contribution in [1.82, 2.24) is 0 Å². The van der Waals surface area contributed by atoms with Crippen LogP contribution in [-0.2, 0) is 9.53 Å². The molecule has 0 saturated carbocycles. The molecule has 1 N–H and O–H groups in total. The van der Waals surface area contributed by atoms with Gasteiger partial charge in [-0.3, -0.25) is 4.79 Å². The van der Waals surface area contributed by atoms with E-state index in [-0.39, 0.29) is 11.3 Å². The molecule has 0 aliphatic rings. The smallest absolute Gasteiger partial charge is 0.338 e. The number of benzene rings is 1. The molecule has 4 nitrogen and oxygen atoms in total. The van der Waals surface area contributed by atoms with Crippen molar-refractivity contribution in [3.8, 4) is 0 Å². The summed E-state index contributed by atoms with van der Waals surface area (Å²) in [6.45, 7) is 2.62. The first-order valence-electron chi connectivity index (χ1n) is 5.46. The van der Waals surface area contributed by atoms with E-state index in [1.54, 1.807) is 0 Å². The van der Waals surface area contributed by atoms with E-state index in [1.165, 1.54) is 19.9 Å². The van der Waals surface area contributed by atoms with Crippen LogP contribution in [0.2, 0.25) is 0 Å². The van der Waals surface area contributed by atoms with Crippen LogP contribution in [0.15, 0.2) is 18.2 Å². The van der Waals surface area contributed by atoms with E-state index in [2.05, 4.69) is 5.32 Å². The van der Waals surface area contributed by atoms with Crippen molar-refractivity contribution in [1.29, 1.82) is 0 Å². The van der Waals surface area contributed by atoms with Crippen molar-refractivity contribution in [2.75, 3.05) is 5.32 Å². The Morgan fingerprint density at radius 2 is 1.95 bits per heavy atom. The van der Waals surface area contributed by atoms with Gasteiger partial charge in [0, 0.05) is 6.92 Å². The zero-order chi connectivity index (χ0) is 15.5. The van der Waals surface area contributed by atoms with Crippen LogP contribution >= 0.6 is 34.8 Å². The number of rotatable bonds is 3. The average molecular weight is 343 g/mol. The van der Waals surface area contributed by atoms with Gasteiger partial charge in [0.05, 0.1) is 11.3 Å². The van der Waals surface area contributed by atoms with Gasteiger partial charge >= 0.3 is 5.97 Å². The van der Waals surface area contributed by atoms with E-state index in [9.17, 15) is 14.0 Å². The Bertz CT molecular complexity index is 531. The third-order valence-corrected chi connectivity index (χ3v) is 3.18. The largest absolute Gasteiger partial charge is 0.455 e. The quantitative estimate of drug-likeness (QED) is 0.673. The molecule has 1 aromatic carbocycles. The lowest BCUT2D eigenvalue weighted by Gasteiger charge is -2.20. The van der Waals surface area contributed by atoms with Gasteiger partial charge in [-0.25, -0.2) is 9.18 Å². The van der Waals surface area contributed by atoms with E-state index in [4.69, 9.17) is 39.5 Å². The average Bonchev–Trinajstić information content (AvgIpc) is 2.29. The predicted octanol–water partition coefficient (Wildman–Crippen LogP) is 3.70. The third-order valence-electron chi connectivity index (χ3n) is 2.26. The van der Waals surface area contributed by atoms with Gasteiger partial charge in [-0.2, -0.15) is 0 Å². The summed E-state index contributed by atoms with van der Waals surface area (Å²) in [5.74, 6) is -1.94. The van der Waals surface area contributed by atoms with Crippen molar-refractivity contribution in [3.05, 3.63) is 29.6 Å². The predicted molar refractivity (Wildman–Crippen MR) is 75.9 cm³/mol. The number of nitrogens with one attached hydrogen (secondary N) is 1. The van der Waals surface area contributed by atoms with Gasteiger partial charge in [0.15, 0.2) is 0 Å². The molecule has 0 heterocycles. The number of carbonyl (C=O) groups excluding carboxylic acids is 2. The number of anilines is 1. The highest BCUT2D eigenvalue weighted by molar-refractivity contribution is 6.68. The normalized spacial score (nSPS) is 12.7. The molecule has 1 aromatic rings. The summed E-state index contributed by atoms with van der Waals surface area (Å²) >= 11 is 16.7. The Hall–Kier alpha value is -1.04. The second-order valence-electron chi connectivity index (χ2n) is 3.96. The topological polar surface area (TPSA) is 55.4 Å². The van der Waals surface area contributed by atoms with Crippen LogP contribution in [0.5, 0.6) is 0 Å². The van der Waals surface area contributed by atoms with Gasteiger partial charge < -0.3 is 10.1 Å². The minimum Gasteiger partial charge on any atom is -0.455 e. The molecule has 0 saturated heterocycles. The zero-order valence-corrected chi connectivity index (χ0v) is 12.8. The van der Waals surface area contributed by atoms with Gasteiger partial charge in [-0.05, 0) is 25.1 Å². The van der Waals surface area contributed by atoms with Crippen LogP contribution in [0.4, 0.5) is 10.1 Å². The SMILES string of the molecule is CC(=O)Nc1cc(C(=O)O[C@@H](C)C(Cl)(Cl)Cl)ccc1F. The first-order valence-corrected chi connectivity index (χ1v) is 6.59. The monoisotopic (exact) mass is 341 g/mol. The highest BCUT2D eigenvalue weighted by Crippen LogP contribution is 2.32. The lowest BCUT2D eigenvalue weighted by atomic mass is 10.2. The number of esters is 1. The van der Waals surface area contributed by atoms with Crippen molar-refractivity contribution >= 4 is 52.4 Å². The molecular weight excluding hydrogens is 331 g/mol. The van der Waals surface area contributed by atoms with Crippen molar-refractivity contribution in [2.45, 2.75) is 23.7 Å². The summed E-state index contributed by atoms with van der Waals surface area (Å²) in [6, 6.07) is 3.38. The standard InChI is InChI=1S/C12H11Cl3FNO3/c1-6(12(13,14)15)20-11(19)8-3-4-9(16)10(5-8)17-7(2)18/h3-6H,1-2H3,(H,17,18)/t6-/m0/s1. The third kappa shape index (κ3) is 4.81. The molecule has 20 heavy (non-hydrogen) atoms. The number of carbonyl (C=O) groups is 2. The Kier molecular flexibility index (Phi) is 5.62. The molecular formula is C12H11Cl3FNO3. The first kappa shape index (κ1) is 17.0. The van der Waals surface area contributed by atoms with Crippen LogP contribution in [-0.4, -0.2) is 21.8 Å². The Balaban J connectivity index is 2.91. The molecule has 1 atom stereocenters. The molecule has 0 spiro atoms. The summed E-state index contributed by atoms with van der Waals surface area (Å²) in [5, 5.41) is 2.25. The number of alkyl halides is 3. The highest BCUT2D eigenvalue weighted by atomic mass is 35.6. The fraction of sp³-hybridized carbons (Fsp3) is 0.333. The summed E-state index contributed by atoms with van der Waals surface area (Å²) < 4.78 is 16.6.